The maximum absolute atomic E-state index is 10.3. The highest BCUT2D eigenvalue weighted by Gasteiger charge is 2.05. The number of nitrogens with one attached hydrogen (secondary N) is 1. The number of hydrogen-bond donors (Lipinski definition) is 2. The normalized spacial score (nSPS) is 12.4. The molecule has 0 aliphatic heterocycles. The quantitative estimate of drug-likeness (QED) is 0.761. The van der Waals surface area contributed by atoms with Crippen LogP contribution in [0, 0.1) is 0 Å². The van der Waals surface area contributed by atoms with Crippen molar-refractivity contribution in [1.82, 2.24) is 4.98 Å². The van der Waals surface area contributed by atoms with Crippen molar-refractivity contribution in [2.75, 3.05) is 5.32 Å². The number of hydrogen-bond acceptors (Lipinski definition) is 4. The molecule has 13 heavy (non-hydrogen) atoms. The van der Waals surface area contributed by atoms with Gasteiger partial charge in [0, 0.05) is 24.0 Å². The second-order valence-corrected chi connectivity index (χ2v) is 3.71. The van der Waals surface area contributed by atoms with Gasteiger partial charge in [0.1, 0.15) is 0 Å². The molecule has 0 saturated heterocycles. The first-order chi connectivity index (χ1) is 6.18. The summed E-state index contributed by atoms with van der Waals surface area (Å²) < 4.78 is 0. The highest BCUT2D eigenvalue weighted by molar-refractivity contribution is 7.13. The Morgan fingerprint density at radius 1 is 1.85 bits per heavy atom. The summed E-state index contributed by atoms with van der Waals surface area (Å²) in [6.45, 7) is 1.95. The third-order valence-electron chi connectivity index (χ3n) is 1.59. The summed E-state index contributed by atoms with van der Waals surface area (Å²) in [6, 6.07) is 0.155. The van der Waals surface area contributed by atoms with Crippen molar-refractivity contribution in [3.63, 3.8) is 0 Å². The molecular weight excluding hydrogens is 188 g/mol. The Morgan fingerprint density at radius 3 is 3.15 bits per heavy atom. The minimum Gasteiger partial charge on any atom is -0.481 e. The first kappa shape index (κ1) is 9.98. The maximum Gasteiger partial charge on any atom is 0.303 e. The molecule has 0 aliphatic carbocycles. The average Bonchev–Trinajstić information content (AvgIpc) is 2.53. The predicted molar refractivity (Wildman–Crippen MR) is 52.1 cm³/mol. The molecule has 72 valence electrons. The Kier molecular flexibility index (Phi) is 3.70. The van der Waals surface area contributed by atoms with Crippen LogP contribution in [0.1, 0.15) is 19.8 Å². The summed E-state index contributed by atoms with van der Waals surface area (Å²) in [5.41, 5.74) is 0. The van der Waals surface area contributed by atoms with Gasteiger partial charge in [0.25, 0.3) is 0 Å². The van der Waals surface area contributed by atoms with Gasteiger partial charge < -0.3 is 10.4 Å². The summed E-state index contributed by atoms with van der Waals surface area (Å²) in [6.07, 6.45) is 2.53. The second kappa shape index (κ2) is 4.81. The molecule has 0 fully saturated rings. The van der Waals surface area contributed by atoms with Gasteiger partial charge in [-0.1, -0.05) is 0 Å². The molecular formula is C8H12N2O2S. The highest BCUT2D eigenvalue weighted by Crippen LogP contribution is 2.13. The van der Waals surface area contributed by atoms with E-state index >= 15 is 0 Å². The van der Waals surface area contributed by atoms with Crippen LogP contribution in [0.3, 0.4) is 0 Å². The smallest absolute Gasteiger partial charge is 0.303 e. The Morgan fingerprint density at radius 2 is 2.62 bits per heavy atom. The molecule has 0 bridgehead atoms. The predicted octanol–water partition coefficient (Wildman–Crippen LogP) is 1.81. The average molecular weight is 200 g/mol. The number of aliphatic carboxylic acids is 1. The van der Waals surface area contributed by atoms with E-state index < -0.39 is 5.97 Å². The lowest BCUT2D eigenvalue weighted by Gasteiger charge is -2.10. The zero-order valence-corrected chi connectivity index (χ0v) is 8.17. The molecule has 1 aromatic rings. The van der Waals surface area contributed by atoms with E-state index in [1.807, 2.05) is 12.3 Å². The van der Waals surface area contributed by atoms with Crippen molar-refractivity contribution in [2.24, 2.45) is 0 Å². The maximum atomic E-state index is 10.3. The molecule has 0 spiro atoms. The summed E-state index contributed by atoms with van der Waals surface area (Å²) in [7, 11) is 0. The number of anilines is 1. The van der Waals surface area contributed by atoms with E-state index in [0.717, 1.165) is 5.13 Å². The van der Waals surface area contributed by atoms with Crippen molar-refractivity contribution >= 4 is 22.4 Å². The number of carboxylic acid groups (broad SMARTS) is 1. The van der Waals surface area contributed by atoms with Gasteiger partial charge in [-0.2, -0.15) is 0 Å². The van der Waals surface area contributed by atoms with E-state index in [-0.39, 0.29) is 12.5 Å². The first-order valence-corrected chi connectivity index (χ1v) is 4.94. The van der Waals surface area contributed by atoms with Crippen molar-refractivity contribution in [3.8, 4) is 0 Å². The summed E-state index contributed by atoms with van der Waals surface area (Å²) >= 11 is 1.52. The standard InChI is InChI=1S/C8H12N2O2S/c1-6(2-3-7(11)12)10-8-9-4-5-13-8/h4-6H,2-3H2,1H3,(H,9,10)(H,11,12). The van der Waals surface area contributed by atoms with Gasteiger partial charge in [0.05, 0.1) is 0 Å². The lowest BCUT2D eigenvalue weighted by Crippen LogP contribution is -2.16. The first-order valence-electron chi connectivity index (χ1n) is 4.06. The van der Waals surface area contributed by atoms with Gasteiger partial charge in [0.15, 0.2) is 5.13 Å². The van der Waals surface area contributed by atoms with Crippen LogP contribution in [0.15, 0.2) is 11.6 Å². The molecule has 0 aliphatic rings. The van der Waals surface area contributed by atoms with Gasteiger partial charge in [-0.05, 0) is 13.3 Å². The number of rotatable bonds is 5. The van der Waals surface area contributed by atoms with Gasteiger partial charge >= 0.3 is 5.97 Å². The molecule has 4 nitrogen and oxygen atoms in total. The van der Waals surface area contributed by atoms with Crippen molar-refractivity contribution in [3.05, 3.63) is 11.6 Å². The van der Waals surface area contributed by atoms with Crippen LogP contribution in [0.4, 0.5) is 5.13 Å². The van der Waals surface area contributed by atoms with Crippen LogP contribution < -0.4 is 5.32 Å². The van der Waals surface area contributed by atoms with Gasteiger partial charge in [0.2, 0.25) is 0 Å². The van der Waals surface area contributed by atoms with E-state index in [2.05, 4.69) is 10.3 Å². The summed E-state index contributed by atoms with van der Waals surface area (Å²) in [4.78, 5) is 14.3. The van der Waals surface area contributed by atoms with Crippen LogP contribution in [-0.2, 0) is 4.79 Å². The summed E-state index contributed by atoms with van der Waals surface area (Å²) in [5.74, 6) is -0.757. The molecule has 1 rings (SSSR count). The SMILES string of the molecule is CC(CCC(=O)O)Nc1nccs1. The topological polar surface area (TPSA) is 62.2 Å². The van der Waals surface area contributed by atoms with Gasteiger partial charge in [-0.25, -0.2) is 4.98 Å². The molecule has 1 atom stereocenters. The lowest BCUT2D eigenvalue weighted by molar-refractivity contribution is -0.137. The largest absolute Gasteiger partial charge is 0.481 e. The van der Waals surface area contributed by atoms with E-state index in [1.165, 1.54) is 11.3 Å². The number of aromatic nitrogens is 1. The molecule has 0 radical (unpaired) electrons. The molecule has 5 heteroatoms. The van der Waals surface area contributed by atoms with E-state index in [4.69, 9.17) is 5.11 Å². The van der Waals surface area contributed by atoms with Crippen molar-refractivity contribution < 1.29 is 9.90 Å². The van der Waals surface area contributed by atoms with Crippen LogP contribution in [0.5, 0.6) is 0 Å². The molecule has 1 aromatic heterocycles. The van der Waals surface area contributed by atoms with E-state index in [0.29, 0.717) is 6.42 Å². The number of nitrogens with zero attached hydrogens (tertiary/aromatic N) is 1. The third kappa shape index (κ3) is 3.89. The zero-order valence-electron chi connectivity index (χ0n) is 7.36. The Labute approximate surface area is 80.6 Å². The lowest BCUT2D eigenvalue weighted by atomic mass is 10.2. The fraction of sp³-hybridized carbons (Fsp3) is 0.500. The van der Waals surface area contributed by atoms with E-state index in [9.17, 15) is 4.79 Å². The van der Waals surface area contributed by atoms with Crippen LogP contribution >= 0.6 is 11.3 Å². The minimum absolute atomic E-state index is 0.155. The fourth-order valence-corrected chi connectivity index (χ4v) is 1.56. The number of carboxylic acids is 1. The Balaban J connectivity index is 2.25. The van der Waals surface area contributed by atoms with Crippen molar-refractivity contribution in [2.45, 2.75) is 25.8 Å². The molecule has 1 unspecified atom stereocenters. The zero-order chi connectivity index (χ0) is 9.68. The van der Waals surface area contributed by atoms with Gasteiger partial charge in [-0.15, -0.1) is 11.3 Å². The number of thiazole rings is 1. The Bertz CT molecular complexity index is 261. The monoisotopic (exact) mass is 200 g/mol. The Hall–Kier alpha value is -1.10. The highest BCUT2D eigenvalue weighted by atomic mass is 32.1. The van der Waals surface area contributed by atoms with Crippen LogP contribution in [0.25, 0.3) is 0 Å². The van der Waals surface area contributed by atoms with Crippen LogP contribution in [0.2, 0.25) is 0 Å². The minimum atomic E-state index is -0.757. The van der Waals surface area contributed by atoms with Crippen molar-refractivity contribution in [1.29, 1.82) is 0 Å². The van der Waals surface area contributed by atoms with Crippen LogP contribution in [-0.4, -0.2) is 22.1 Å². The number of carbonyl (C=O) groups is 1. The second-order valence-electron chi connectivity index (χ2n) is 2.82. The summed E-state index contributed by atoms with van der Waals surface area (Å²) in [5, 5.41) is 14.3. The molecule has 1 heterocycles. The molecule has 0 saturated carbocycles. The van der Waals surface area contributed by atoms with E-state index in [1.54, 1.807) is 6.20 Å². The molecule has 0 amide bonds. The molecule has 2 N–H and O–H groups in total. The fourth-order valence-electron chi connectivity index (χ4n) is 0.918. The third-order valence-corrected chi connectivity index (χ3v) is 2.30. The van der Waals surface area contributed by atoms with Gasteiger partial charge in [-0.3, -0.25) is 4.79 Å². The molecule has 0 aromatic carbocycles.